The molecule has 0 atom stereocenters. The normalized spacial score (nSPS) is 13.2. The van der Waals surface area contributed by atoms with Gasteiger partial charge < -0.3 is 4.55 Å². The Kier molecular flexibility index (Phi) is 4.86. The van der Waals surface area contributed by atoms with E-state index in [9.17, 15) is 13.0 Å². The lowest BCUT2D eigenvalue weighted by atomic mass is 10.8. The minimum atomic E-state index is -4.41. The molecule has 0 unspecified atom stereocenters. The number of hydrogen-bond acceptors (Lipinski definition) is 6. The van der Waals surface area contributed by atoms with Crippen LogP contribution in [0.15, 0.2) is 30.2 Å². The van der Waals surface area contributed by atoms with Crippen LogP contribution in [0, 0.1) is 0 Å². The van der Waals surface area contributed by atoms with Gasteiger partial charge in [-0.1, -0.05) is 4.99 Å². The van der Waals surface area contributed by atoms with Crippen LogP contribution in [0.25, 0.3) is 0 Å². The van der Waals surface area contributed by atoms with Crippen LogP contribution < -0.4 is 0 Å². The van der Waals surface area contributed by atoms with Gasteiger partial charge in [-0.3, -0.25) is 4.18 Å². The summed E-state index contributed by atoms with van der Waals surface area (Å²) in [4.78, 5) is 5.31. The molecule has 1 aliphatic heterocycles. The zero-order valence-electron chi connectivity index (χ0n) is 6.87. The molecule has 7 heteroatoms. The average Bonchev–Trinajstić information content (AvgIpc) is 2.56. The number of nitrogens with zero attached hydrogens (tertiary/aromatic N) is 2. The third kappa shape index (κ3) is 7.10. The minimum absolute atomic E-state index is 0.808. The molecule has 0 radical (unpaired) electrons. The van der Waals surface area contributed by atoms with E-state index in [2.05, 4.69) is 22.1 Å². The first-order chi connectivity index (χ1) is 5.99. The second kappa shape index (κ2) is 5.39. The van der Waals surface area contributed by atoms with Gasteiger partial charge in [-0.2, -0.15) is 0 Å². The van der Waals surface area contributed by atoms with Crippen LogP contribution in [0.4, 0.5) is 0 Å². The van der Waals surface area contributed by atoms with E-state index in [1.807, 2.05) is 0 Å². The fraction of sp³-hybridized carbons (Fsp3) is 0.167. The van der Waals surface area contributed by atoms with Gasteiger partial charge in [-0.15, -0.1) is 4.90 Å². The second-order valence-corrected chi connectivity index (χ2v) is 2.84. The fourth-order valence-corrected chi connectivity index (χ4v) is 0.340. The Labute approximate surface area is 76.8 Å². The molecule has 13 heavy (non-hydrogen) atoms. The average molecular weight is 204 g/mol. The Morgan fingerprint density at radius 2 is 2.31 bits per heavy atom. The van der Waals surface area contributed by atoms with E-state index >= 15 is 0 Å². The summed E-state index contributed by atoms with van der Waals surface area (Å²) in [5.74, 6) is 0. The van der Waals surface area contributed by atoms with Crippen molar-refractivity contribution in [3.05, 3.63) is 25.2 Å². The third-order valence-corrected chi connectivity index (χ3v) is 1.28. The molecule has 0 saturated heterocycles. The monoisotopic (exact) mass is 204 g/mol. The molecule has 0 fully saturated rings. The van der Waals surface area contributed by atoms with E-state index in [1.165, 1.54) is 0 Å². The van der Waals surface area contributed by atoms with Gasteiger partial charge >= 0.3 is 0 Å². The van der Waals surface area contributed by atoms with Crippen molar-refractivity contribution in [1.82, 2.24) is 4.90 Å². The van der Waals surface area contributed by atoms with E-state index in [0.717, 1.165) is 7.11 Å². The number of rotatable bonds is 2. The first-order valence-electron chi connectivity index (χ1n) is 3.04. The fourth-order valence-electron chi connectivity index (χ4n) is 0.340. The molecule has 0 aromatic carbocycles. The molecule has 1 rings (SSSR count). The molecule has 0 saturated carbocycles. The maximum atomic E-state index is 9.22. The van der Waals surface area contributed by atoms with Crippen molar-refractivity contribution in [2.24, 2.45) is 4.99 Å². The molecule has 0 spiro atoms. The predicted molar refractivity (Wildman–Crippen MR) is 45.3 cm³/mol. The number of hydrogen-bond donors (Lipinski definition) is 0. The van der Waals surface area contributed by atoms with E-state index in [1.54, 1.807) is 23.5 Å². The van der Waals surface area contributed by atoms with Crippen molar-refractivity contribution >= 4 is 16.7 Å². The molecule has 1 aliphatic rings. The summed E-state index contributed by atoms with van der Waals surface area (Å²) in [6.45, 7) is 3.49. The maximum absolute atomic E-state index is 9.22. The van der Waals surface area contributed by atoms with Crippen LogP contribution in [0.3, 0.4) is 0 Å². The number of aliphatic imine (C=N–C) groups is 1. The third-order valence-electron chi connectivity index (χ3n) is 0.876. The molecule has 6 nitrogen and oxygen atoms in total. The second-order valence-electron chi connectivity index (χ2n) is 1.69. The smallest absolute Gasteiger partial charge is 0.223 e. The van der Waals surface area contributed by atoms with Gasteiger partial charge in [-0.05, 0) is 6.58 Å². The van der Waals surface area contributed by atoms with Crippen molar-refractivity contribution in [3.63, 3.8) is 0 Å². The molecule has 0 aromatic rings. The van der Waals surface area contributed by atoms with Gasteiger partial charge in [0.15, 0.2) is 12.4 Å². The molecule has 1 heterocycles. The van der Waals surface area contributed by atoms with Gasteiger partial charge in [-0.25, -0.2) is 8.42 Å². The van der Waals surface area contributed by atoms with Gasteiger partial charge in [0.25, 0.3) is 0 Å². The summed E-state index contributed by atoms with van der Waals surface area (Å²) in [5.41, 5.74) is 0. The van der Waals surface area contributed by atoms with Crippen LogP contribution >= 0.6 is 0 Å². The van der Waals surface area contributed by atoms with Crippen LogP contribution in [0.5, 0.6) is 0 Å². The van der Waals surface area contributed by atoms with E-state index < -0.39 is 10.4 Å². The first-order valence-corrected chi connectivity index (χ1v) is 4.37. The van der Waals surface area contributed by atoms with E-state index in [0.29, 0.717) is 0 Å². The Balaban J connectivity index is 0.000000226. The van der Waals surface area contributed by atoms with Crippen LogP contribution in [0.2, 0.25) is 0 Å². The Bertz CT molecular complexity index is 295. The summed E-state index contributed by atoms with van der Waals surface area (Å²) in [6.07, 6.45) is 7.69. The highest BCUT2D eigenvalue weighted by Gasteiger charge is 2.01. The zero-order valence-corrected chi connectivity index (χ0v) is 7.69. The summed E-state index contributed by atoms with van der Waals surface area (Å²) >= 11 is 0. The SMILES string of the molecule is C=CN1[C+]=NC=C1.COS(=O)(=O)[O-]. The minimum Gasteiger partial charge on any atom is -0.726 e. The van der Waals surface area contributed by atoms with Crippen molar-refractivity contribution < 1.29 is 17.2 Å². The lowest BCUT2D eigenvalue weighted by Crippen LogP contribution is -1.99. The summed E-state index contributed by atoms with van der Waals surface area (Å²) in [6, 6.07) is 0. The van der Waals surface area contributed by atoms with Crippen LogP contribution in [-0.2, 0) is 14.6 Å². The summed E-state index contributed by atoms with van der Waals surface area (Å²) in [7, 11) is -3.60. The highest BCUT2D eigenvalue weighted by molar-refractivity contribution is 7.80. The molecule has 0 N–H and O–H groups in total. The van der Waals surface area contributed by atoms with Crippen molar-refractivity contribution in [1.29, 1.82) is 0 Å². The quantitative estimate of drug-likeness (QED) is 0.357. The summed E-state index contributed by atoms with van der Waals surface area (Å²) in [5, 5.41) is 0. The maximum Gasteiger partial charge on any atom is 0.223 e. The van der Waals surface area contributed by atoms with Crippen molar-refractivity contribution in [3.8, 4) is 0 Å². The predicted octanol–water partition coefficient (Wildman–Crippen LogP) is -0.0850. The lowest BCUT2D eigenvalue weighted by molar-refractivity contribution is 0.314. The zero-order chi connectivity index (χ0) is 10.3. The molecular formula is C6H8N2O4S. The summed E-state index contributed by atoms with van der Waals surface area (Å²) < 4.78 is 31.0. The Morgan fingerprint density at radius 3 is 2.46 bits per heavy atom. The molecule has 0 aliphatic carbocycles. The van der Waals surface area contributed by atoms with Gasteiger partial charge in [0, 0.05) is 0 Å². The van der Waals surface area contributed by atoms with Gasteiger partial charge in [0.2, 0.25) is 16.7 Å². The Morgan fingerprint density at radius 1 is 1.77 bits per heavy atom. The molecule has 72 valence electrons. The largest absolute Gasteiger partial charge is 0.726 e. The topological polar surface area (TPSA) is 82.0 Å². The van der Waals surface area contributed by atoms with Crippen LogP contribution in [0.1, 0.15) is 0 Å². The van der Waals surface area contributed by atoms with Crippen molar-refractivity contribution in [2.75, 3.05) is 7.11 Å². The van der Waals surface area contributed by atoms with E-state index in [4.69, 9.17) is 0 Å². The standard InChI is InChI=1S/C5H5N2.CH4O4S/c1-2-7-4-3-6-5-7;1-5-6(2,3)4/h2-4H,1H2;1H3,(H,2,3,4)/q+1;/p-1. The molecule has 0 bridgehead atoms. The molecule has 0 amide bonds. The lowest BCUT2D eigenvalue weighted by Gasteiger charge is -1.98. The molecular weight excluding hydrogens is 196 g/mol. The van der Waals surface area contributed by atoms with E-state index in [-0.39, 0.29) is 0 Å². The van der Waals surface area contributed by atoms with Crippen LogP contribution in [-0.4, -0.2) is 31.3 Å². The van der Waals surface area contributed by atoms with Gasteiger partial charge in [0.05, 0.1) is 13.3 Å². The molecule has 0 aromatic heterocycles. The van der Waals surface area contributed by atoms with Gasteiger partial charge in [0.1, 0.15) is 0 Å². The Hall–Kier alpha value is -1.27. The first kappa shape index (κ1) is 11.7. The highest BCUT2D eigenvalue weighted by atomic mass is 32.3. The highest BCUT2D eigenvalue weighted by Crippen LogP contribution is 1.92. The van der Waals surface area contributed by atoms with Crippen molar-refractivity contribution in [2.45, 2.75) is 0 Å².